The standard InChI is InChI=1S/C19H18O/c1-13-17(20)11-12-19(2,3)18(13)16-10-6-8-14-7-4-5-9-15(14)16/h4-12,18H,1H2,2-3H3. The highest BCUT2D eigenvalue weighted by atomic mass is 16.1. The molecule has 0 bridgehead atoms. The molecule has 2 aromatic carbocycles. The van der Waals surface area contributed by atoms with Crippen molar-refractivity contribution in [3.05, 3.63) is 72.3 Å². The van der Waals surface area contributed by atoms with Crippen LogP contribution in [0.25, 0.3) is 10.8 Å². The smallest absolute Gasteiger partial charge is 0.181 e. The van der Waals surface area contributed by atoms with E-state index in [1.54, 1.807) is 6.08 Å². The second kappa shape index (κ2) is 4.45. The molecule has 1 aliphatic rings. The first-order valence-electron chi connectivity index (χ1n) is 6.91. The maximum Gasteiger partial charge on any atom is 0.181 e. The van der Waals surface area contributed by atoms with Crippen LogP contribution < -0.4 is 0 Å². The summed E-state index contributed by atoms with van der Waals surface area (Å²) < 4.78 is 0. The third-order valence-electron chi connectivity index (χ3n) is 4.21. The van der Waals surface area contributed by atoms with E-state index in [1.165, 1.54) is 16.3 Å². The van der Waals surface area contributed by atoms with Gasteiger partial charge < -0.3 is 0 Å². The Kier molecular flexibility index (Phi) is 2.86. The van der Waals surface area contributed by atoms with E-state index < -0.39 is 0 Å². The van der Waals surface area contributed by atoms with Gasteiger partial charge in [0.1, 0.15) is 0 Å². The first kappa shape index (κ1) is 12.9. The largest absolute Gasteiger partial charge is 0.290 e. The van der Waals surface area contributed by atoms with Gasteiger partial charge in [-0.25, -0.2) is 0 Å². The fourth-order valence-electron chi connectivity index (χ4n) is 3.18. The molecule has 0 aliphatic heterocycles. The van der Waals surface area contributed by atoms with Crippen LogP contribution in [0.15, 0.2) is 66.8 Å². The van der Waals surface area contributed by atoms with Crippen LogP contribution in [-0.4, -0.2) is 5.78 Å². The van der Waals surface area contributed by atoms with Gasteiger partial charge in [0.05, 0.1) is 0 Å². The minimum atomic E-state index is -0.102. The predicted molar refractivity (Wildman–Crippen MR) is 83.8 cm³/mol. The first-order valence-corrected chi connectivity index (χ1v) is 6.91. The fourth-order valence-corrected chi connectivity index (χ4v) is 3.18. The van der Waals surface area contributed by atoms with Crippen molar-refractivity contribution in [1.82, 2.24) is 0 Å². The summed E-state index contributed by atoms with van der Waals surface area (Å²) in [6.07, 6.45) is 3.67. The predicted octanol–water partition coefficient (Wildman–Crippen LogP) is 4.64. The zero-order valence-corrected chi connectivity index (χ0v) is 11.9. The summed E-state index contributed by atoms with van der Waals surface area (Å²) in [4.78, 5) is 12.0. The van der Waals surface area contributed by atoms with E-state index in [9.17, 15) is 4.79 Å². The molecule has 0 amide bonds. The van der Waals surface area contributed by atoms with E-state index in [-0.39, 0.29) is 17.1 Å². The van der Waals surface area contributed by atoms with Crippen LogP contribution in [0, 0.1) is 5.41 Å². The fraction of sp³-hybridized carbons (Fsp3) is 0.211. The Bertz CT molecular complexity index is 729. The van der Waals surface area contributed by atoms with Gasteiger partial charge in [-0.2, -0.15) is 0 Å². The maximum absolute atomic E-state index is 12.0. The number of hydrogen-bond acceptors (Lipinski definition) is 1. The van der Waals surface area contributed by atoms with Gasteiger partial charge in [0.15, 0.2) is 5.78 Å². The van der Waals surface area contributed by atoms with Crippen LogP contribution in [0.5, 0.6) is 0 Å². The number of fused-ring (bicyclic) bond motifs is 1. The Hall–Kier alpha value is -2.15. The molecule has 1 heteroatoms. The number of rotatable bonds is 1. The maximum atomic E-state index is 12.0. The van der Waals surface area contributed by atoms with Gasteiger partial charge in [0.2, 0.25) is 0 Å². The summed E-state index contributed by atoms with van der Waals surface area (Å²) in [6, 6.07) is 14.6. The molecular weight excluding hydrogens is 244 g/mol. The Morgan fingerprint density at radius 2 is 1.75 bits per heavy atom. The lowest BCUT2D eigenvalue weighted by Gasteiger charge is -2.36. The SMILES string of the molecule is C=C1C(=O)C=CC(C)(C)C1c1cccc2ccccc12. The Morgan fingerprint density at radius 3 is 2.55 bits per heavy atom. The highest BCUT2D eigenvalue weighted by Crippen LogP contribution is 2.46. The van der Waals surface area contributed by atoms with Gasteiger partial charge in [-0.1, -0.05) is 69.0 Å². The van der Waals surface area contributed by atoms with E-state index in [0.29, 0.717) is 5.57 Å². The molecule has 0 N–H and O–H groups in total. The first-order chi connectivity index (χ1) is 9.50. The third kappa shape index (κ3) is 1.90. The molecule has 3 rings (SSSR count). The average Bonchev–Trinajstić information content (AvgIpc) is 2.44. The van der Waals surface area contributed by atoms with Crippen molar-refractivity contribution < 1.29 is 4.79 Å². The molecule has 2 aromatic rings. The number of ketones is 1. The molecule has 1 unspecified atom stereocenters. The summed E-state index contributed by atoms with van der Waals surface area (Å²) in [5.74, 6) is 0.0772. The molecule has 1 atom stereocenters. The van der Waals surface area contributed by atoms with E-state index >= 15 is 0 Å². The van der Waals surface area contributed by atoms with Gasteiger partial charge in [-0.3, -0.25) is 4.79 Å². The lowest BCUT2D eigenvalue weighted by molar-refractivity contribution is -0.112. The number of carbonyl (C=O) groups excluding carboxylic acids is 1. The molecule has 0 aromatic heterocycles. The summed E-state index contributed by atoms with van der Waals surface area (Å²) in [5, 5.41) is 2.41. The third-order valence-corrected chi connectivity index (χ3v) is 4.21. The zero-order valence-electron chi connectivity index (χ0n) is 11.9. The number of benzene rings is 2. The molecule has 0 saturated carbocycles. The lowest BCUT2D eigenvalue weighted by Crippen LogP contribution is -2.28. The van der Waals surface area contributed by atoms with Gasteiger partial charge in [-0.15, -0.1) is 0 Å². The number of allylic oxidation sites excluding steroid dienone is 3. The minimum absolute atomic E-state index is 0.0334. The second-order valence-corrected chi connectivity index (χ2v) is 6.05. The van der Waals surface area contributed by atoms with E-state index in [4.69, 9.17) is 0 Å². The van der Waals surface area contributed by atoms with Crippen LogP contribution in [0.1, 0.15) is 25.3 Å². The van der Waals surface area contributed by atoms with Crippen molar-refractivity contribution in [2.45, 2.75) is 19.8 Å². The van der Waals surface area contributed by atoms with E-state index in [2.05, 4.69) is 50.8 Å². The summed E-state index contributed by atoms with van der Waals surface area (Å²) >= 11 is 0. The second-order valence-electron chi connectivity index (χ2n) is 6.05. The van der Waals surface area contributed by atoms with Gasteiger partial charge in [0.25, 0.3) is 0 Å². The summed E-state index contributed by atoms with van der Waals surface area (Å²) in [6.45, 7) is 8.38. The highest BCUT2D eigenvalue weighted by molar-refractivity contribution is 6.06. The Labute approximate surface area is 119 Å². The summed E-state index contributed by atoms with van der Waals surface area (Å²) in [7, 11) is 0. The number of hydrogen-bond donors (Lipinski definition) is 0. The highest BCUT2D eigenvalue weighted by Gasteiger charge is 2.36. The van der Waals surface area contributed by atoms with Crippen molar-refractivity contribution >= 4 is 16.6 Å². The quantitative estimate of drug-likeness (QED) is 0.684. The molecule has 100 valence electrons. The van der Waals surface area contributed by atoms with Crippen LogP contribution in [-0.2, 0) is 4.79 Å². The Morgan fingerprint density at radius 1 is 1.05 bits per heavy atom. The molecular formula is C19H18O. The molecule has 0 radical (unpaired) electrons. The molecule has 0 spiro atoms. The minimum Gasteiger partial charge on any atom is -0.290 e. The molecule has 0 heterocycles. The van der Waals surface area contributed by atoms with Crippen molar-refractivity contribution in [1.29, 1.82) is 0 Å². The van der Waals surface area contributed by atoms with Crippen LogP contribution in [0.2, 0.25) is 0 Å². The van der Waals surface area contributed by atoms with Gasteiger partial charge >= 0.3 is 0 Å². The van der Waals surface area contributed by atoms with E-state index in [1.807, 2.05) is 18.2 Å². The van der Waals surface area contributed by atoms with Crippen molar-refractivity contribution in [2.75, 3.05) is 0 Å². The van der Waals surface area contributed by atoms with Crippen molar-refractivity contribution in [3.8, 4) is 0 Å². The van der Waals surface area contributed by atoms with E-state index in [0.717, 1.165) is 0 Å². The summed E-state index contributed by atoms with van der Waals surface area (Å²) in [5.41, 5.74) is 1.78. The van der Waals surface area contributed by atoms with Crippen molar-refractivity contribution in [2.24, 2.45) is 5.41 Å². The zero-order chi connectivity index (χ0) is 14.3. The van der Waals surface area contributed by atoms with Crippen LogP contribution >= 0.6 is 0 Å². The van der Waals surface area contributed by atoms with Crippen molar-refractivity contribution in [3.63, 3.8) is 0 Å². The monoisotopic (exact) mass is 262 g/mol. The van der Waals surface area contributed by atoms with Crippen LogP contribution in [0.3, 0.4) is 0 Å². The molecule has 1 nitrogen and oxygen atoms in total. The average molecular weight is 262 g/mol. The normalized spacial score (nSPS) is 21.4. The van der Waals surface area contributed by atoms with Gasteiger partial charge in [-0.05, 0) is 27.8 Å². The molecule has 1 aliphatic carbocycles. The molecule has 20 heavy (non-hydrogen) atoms. The molecule has 0 saturated heterocycles. The van der Waals surface area contributed by atoms with Gasteiger partial charge in [0, 0.05) is 11.5 Å². The van der Waals surface area contributed by atoms with Crippen LogP contribution in [0.4, 0.5) is 0 Å². The Balaban J connectivity index is 2.27. The molecule has 0 fully saturated rings. The topological polar surface area (TPSA) is 17.1 Å². The lowest BCUT2D eigenvalue weighted by atomic mass is 9.66. The number of carbonyl (C=O) groups is 1.